The van der Waals surface area contributed by atoms with Crippen molar-refractivity contribution in [2.75, 3.05) is 5.75 Å². The molecule has 0 saturated carbocycles. The lowest BCUT2D eigenvalue weighted by Gasteiger charge is -2.21. The molecule has 0 unspecified atom stereocenters. The highest BCUT2D eigenvalue weighted by Crippen LogP contribution is 2.24. The molecule has 1 fully saturated rings. The Hall–Kier alpha value is 0.310. The summed E-state index contributed by atoms with van der Waals surface area (Å²) in [5.41, 5.74) is 0. The molecule has 1 aliphatic rings. The van der Waals surface area contributed by atoms with E-state index in [0.717, 1.165) is 18.6 Å². The Morgan fingerprint density at radius 2 is 2.38 bits per heavy atom. The first-order chi connectivity index (χ1) is 3.79. The van der Waals surface area contributed by atoms with Crippen LogP contribution in [0.15, 0.2) is 0 Å². The summed E-state index contributed by atoms with van der Waals surface area (Å²) < 4.78 is 0. The van der Waals surface area contributed by atoms with Crippen LogP contribution < -0.4 is 0 Å². The number of aliphatic hydroxyl groups is 1. The molecule has 0 amide bonds. The lowest BCUT2D eigenvalue weighted by Crippen LogP contribution is -2.19. The van der Waals surface area contributed by atoms with Crippen LogP contribution in [-0.4, -0.2) is 22.2 Å². The van der Waals surface area contributed by atoms with Crippen molar-refractivity contribution in [3.05, 3.63) is 0 Å². The number of hydrogen-bond donors (Lipinski definition) is 1. The van der Waals surface area contributed by atoms with Gasteiger partial charge >= 0.3 is 0 Å². The van der Waals surface area contributed by atoms with Crippen LogP contribution in [-0.2, 0) is 0 Å². The molecule has 2 heteroatoms. The summed E-state index contributed by atoms with van der Waals surface area (Å²) >= 11 is 1.96. The fourth-order valence-corrected chi connectivity index (χ4v) is 2.14. The lowest BCUT2D eigenvalue weighted by molar-refractivity contribution is 0.158. The van der Waals surface area contributed by atoms with Gasteiger partial charge in [-0.15, -0.1) is 0 Å². The molecule has 0 aliphatic carbocycles. The Balaban J connectivity index is 2.23. The third-order valence-electron chi connectivity index (χ3n) is 1.46. The van der Waals surface area contributed by atoms with Crippen LogP contribution in [0, 0.1) is 0 Å². The van der Waals surface area contributed by atoms with Crippen LogP contribution in [0.1, 0.15) is 19.8 Å². The molecule has 0 radical (unpaired) electrons. The number of hydrogen-bond acceptors (Lipinski definition) is 2. The van der Waals surface area contributed by atoms with Crippen LogP contribution >= 0.6 is 11.8 Å². The van der Waals surface area contributed by atoms with Gasteiger partial charge in [-0.25, -0.2) is 0 Å². The normalized spacial score (nSPS) is 39.8. The molecule has 1 N–H and O–H groups in total. The fraction of sp³-hybridized carbons (Fsp3) is 1.00. The third kappa shape index (κ3) is 1.67. The topological polar surface area (TPSA) is 20.2 Å². The van der Waals surface area contributed by atoms with Crippen molar-refractivity contribution >= 4 is 11.8 Å². The largest absolute Gasteiger partial charge is 0.393 e. The summed E-state index contributed by atoms with van der Waals surface area (Å²) in [5, 5.41) is 9.75. The third-order valence-corrected chi connectivity index (χ3v) is 2.69. The zero-order valence-corrected chi connectivity index (χ0v) is 5.95. The minimum atomic E-state index is -0.00810. The molecule has 1 saturated heterocycles. The summed E-state index contributed by atoms with van der Waals surface area (Å²) in [4.78, 5) is 0. The monoisotopic (exact) mass is 132 g/mol. The Morgan fingerprint density at radius 1 is 1.62 bits per heavy atom. The van der Waals surface area contributed by atoms with Crippen molar-refractivity contribution in [2.24, 2.45) is 0 Å². The van der Waals surface area contributed by atoms with Crippen molar-refractivity contribution in [3.63, 3.8) is 0 Å². The first-order valence-corrected chi connectivity index (χ1v) is 4.13. The van der Waals surface area contributed by atoms with Gasteiger partial charge in [0.1, 0.15) is 0 Å². The maximum absolute atomic E-state index is 9.07. The fourth-order valence-electron chi connectivity index (χ4n) is 0.974. The Labute approximate surface area is 54.5 Å². The zero-order chi connectivity index (χ0) is 5.98. The van der Waals surface area contributed by atoms with Crippen molar-refractivity contribution in [1.82, 2.24) is 0 Å². The number of rotatable bonds is 0. The van der Waals surface area contributed by atoms with Gasteiger partial charge in [-0.3, -0.25) is 0 Å². The molecular weight excluding hydrogens is 120 g/mol. The highest BCUT2D eigenvalue weighted by molar-refractivity contribution is 7.99. The average molecular weight is 132 g/mol. The maximum atomic E-state index is 9.07. The Kier molecular flexibility index (Phi) is 2.20. The second kappa shape index (κ2) is 2.74. The lowest BCUT2D eigenvalue weighted by atomic mass is 10.1. The molecule has 0 aromatic rings. The van der Waals surface area contributed by atoms with Crippen LogP contribution in [0.2, 0.25) is 0 Å². The summed E-state index contributed by atoms with van der Waals surface area (Å²) in [6.07, 6.45) is 1.98. The highest BCUT2D eigenvalue weighted by Gasteiger charge is 2.15. The molecular formula is C6H12OS. The molecule has 0 aromatic heterocycles. The van der Waals surface area contributed by atoms with E-state index < -0.39 is 0 Å². The van der Waals surface area contributed by atoms with E-state index in [0.29, 0.717) is 5.25 Å². The van der Waals surface area contributed by atoms with Crippen LogP contribution in [0.3, 0.4) is 0 Å². The molecule has 8 heavy (non-hydrogen) atoms. The van der Waals surface area contributed by atoms with E-state index in [1.165, 1.54) is 0 Å². The van der Waals surface area contributed by atoms with Gasteiger partial charge < -0.3 is 5.11 Å². The number of aliphatic hydroxyl groups excluding tert-OH is 1. The van der Waals surface area contributed by atoms with Gasteiger partial charge in [-0.1, -0.05) is 6.92 Å². The molecule has 1 aliphatic heterocycles. The van der Waals surface area contributed by atoms with Gasteiger partial charge in [0.25, 0.3) is 0 Å². The van der Waals surface area contributed by atoms with E-state index in [1.54, 1.807) is 0 Å². The first-order valence-electron chi connectivity index (χ1n) is 3.08. The Morgan fingerprint density at radius 3 is 2.75 bits per heavy atom. The van der Waals surface area contributed by atoms with E-state index in [-0.39, 0.29) is 6.10 Å². The predicted octanol–water partition coefficient (Wildman–Crippen LogP) is 1.26. The molecule has 1 nitrogen and oxygen atoms in total. The van der Waals surface area contributed by atoms with Gasteiger partial charge in [0.05, 0.1) is 6.10 Å². The summed E-state index contributed by atoms with van der Waals surface area (Å²) in [7, 11) is 0. The smallest absolute Gasteiger partial charge is 0.0558 e. The minimum absolute atomic E-state index is 0.00810. The Bertz CT molecular complexity index is 66.9. The molecule has 1 heterocycles. The molecule has 0 bridgehead atoms. The summed E-state index contributed by atoms with van der Waals surface area (Å²) in [6, 6.07) is 0. The van der Waals surface area contributed by atoms with Crippen molar-refractivity contribution < 1.29 is 5.11 Å². The number of thioether (sulfide) groups is 1. The van der Waals surface area contributed by atoms with Gasteiger partial charge in [0, 0.05) is 5.25 Å². The SMILES string of the molecule is C[C@H]1C[C@@H](O)CCS1. The van der Waals surface area contributed by atoms with Crippen molar-refractivity contribution in [1.29, 1.82) is 0 Å². The zero-order valence-electron chi connectivity index (χ0n) is 5.13. The second-order valence-corrected chi connectivity index (χ2v) is 3.91. The van der Waals surface area contributed by atoms with Gasteiger partial charge in [-0.2, -0.15) is 11.8 Å². The van der Waals surface area contributed by atoms with Crippen molar-refractivity contribution in [3.8, 4) is 0 Å². The van der Waals surface area contributed by atoms with Crippen LogP contribution in [0.25, 0.3) is 0 Å². The maximum Gasteiger partial charge on any atom is 0.0558 e. The van der Waals surface area contributed by atoms with E-state index in [4.69, 9.17) is 5.11 Å². The van der Waals surface area contributed by atoms with E-state index in [2.05, 4.69) is 6.92 Å². The highest BCUT2D eigenvalue weighted by atomic mass is 32.2. The molecule has 2 atom stereocenters. The molecule has 0 spiro atoms. The minimum Gasteiger partial charge on any atom is -0.393 e. The van der Waals surface area contributed by atoms with Gasteiger partial charge in [0.2, 0.25) is 0 Å². The second-order valence-electron chi connectivity index (χ2n) is 2.36. The standard InChI is InChI=1S/C6H12OS/c1-5-4-6(7)2-3-8-5/h5-7H,2-4H2,1H3/t5-,6-/m0/s1. The summed E-state index contributed by atoms with van der Waals surface area (Å²) in [5.74, 6) is 1.14. The molecule has 0 aromatic carbocycles. The predicted molar refractivity (Wildman–Crippen MR) is 37.2 cm³/mol. The van der Waals surface area contributed by atoms with Crippen LogP contribution in [0.4, 0.5) is 0 Å². The van der Waals surface area contributed by atoms with Gasteiger partial charge in [-0.05, 0) is 18.6 Å². The summed E-state index contributed by atoms with van der Waals surface area (Å²) in [6.45, 7) is 2.17. The van der Waals surface area contributed by atoms with E-state index in [9.17, 15) is 0 Å². The first kappa shape index (κ1) is 6.43. The molecule has 48 valence electrons. The molecule has 1 rings (SSSR count). The quantitative estimate of drug-likeness (QED) is 0.535. The van der Waals surface area contributed by atoms with Crippen molar-refractivity contribution in [2.45, 2.75) is 31.1 Å². The van der Waals surface area contributed by atoms with E-state index >= 15 is 0 Å². The average Bonchev–Trinajstić information content (AvgIpc) is 1.64. The van der Waals surface area contributed by atoms with E-state index in [1.807, 2.05) is 11.8 Å². The van der Waals surface area contributed by atoms with Crippen LogP contribution in [0.5, 0.6) is 0 Å². The van der Waals surface area contributed by atoms with Gasteiger partial charge in [0.15, 0.2) is 0 Å².